The molecular formula is C98H62N4O2. The summed E-state index contributed by atoms with van der Waals surface area (Å²) in [6.45, 7) is 0. The van der Waals surface area contributed by atoms with Gasteiger partial charge in [0.05, 0.1) is 0 Å². The van der Waals surface area contributed by atoms with Crippen LogP contribution in [0.5, 0.6) is 0 Å². The summed E-state index contributed by atoms with van der Waals surface area (Å²) in [6.07, 6.45) is 0. The Kier molecular flexibility index (Phi) is 14.5. The van der Waals surface area contributed by atoms with Crippen LogP contribution in [0.3, 0.4) is 0 Å². The highest BCUT2D eigenvalue weighted by atomic mass is 16.4. The number of hydrogen-bond donors (Lipinski definition) is 0. The zero-order valence-electron chi connectivity index (χ0n) is 56.4. The van der Waals surface area contributed by atoms with Crippen molar-refractivity contribution in [2.45, 2.75) is 0 Å². The Balaban J connectivity index is 0.560. The maximum Gasteiger partial charge on any atom is 0.227 e. The molecule has 0 aliphatic carbocycles. The number of fused-ring (bicyclic) bond motifs is 10. The van der Waals surface area contributed by atoms with Crippen LogP contribution in [-0.2, 0) is 0 Å². The minimum atomic E-state index is 0.587. The van der Waals surface area contributed by atoms with Crippen LogP contribution in [0, 0.1) is 0 Å². The van der Waals surface area contributed by atoms with E-state index in [1.165, 1.54) is 38.1 Å². The van der Waals surface area contributed by atoms with Crippen LogP contribution in [0.4, 0.5) is 34.1 Å². The second-order valence-electron chi connectivity index (χ2n) is 26.9. The minimum absolute atomic E-state index is 0.587. The molecule has 18 aromatic carbocycles. The van der Waals surface area contributed by atoms with E-state index in [2.05, 4.69) is 356 Å². The number of anilines is 6. The topological polar surface area (TPSA) is 58.5 Å². The standard InChI is InChI=1S/C98H62N4O2/c1-4-17-69(18-5-1)98-100-94-92(61-77-20-12-13-25-88(77)96(94)104-98)79-41-32-68-47-53-87(60-81(68)58-79)102(83-23-8-3-9-24-83)85-50-44-66(45-51-85)74-37-39-75-55-73(36-38-76(75)56-74)64-28-33-70(34-29-64)97-99-93-62-91(89-26-14-15-27-90(89)95(93)103-97)78-40-31-67-46-52-86(59-80(67)57-78)101(82-21-6-2-7-22-82)84-48-42-65(43-49-84)72-35-30-63-16-10-11-19-71(63)54-72/h1-62H. The molecule has 20 aromatic rings. The van der Waals surface area contributed by atoms with E-state index in [9.17, 15) is 0 Å². The fourth-order valence-corrected chi connectivity index (χ4v) is 15.3. The summed E-state index contributed by atoms with van der Waals surface area (Å²) in [5.41, 5.74) is 22.8. The van der Waals surface area contributed by atoms with Crippen LogP contribution in [0.25, 0.3) is 165 Å². The fraction of sp³-hybridized carbons (Fsp3) is 0. The predicted octanol–water partition coefficient (Wildman–Crippen LogP) is 27.5. The van der Waals surface area contributed by atoms with Crippen molar-refractivity contribution in [1.29, 1.82) is 0 Å². The molecule has 6 heteroatoms. The second-order valence-corrected chi connectivity index (χ2v) is 26.9. The van der Waals surface area contributed by atoms with Gasteiger partial charge in [-0.2, -0.15) is 0 Å². The Hall–Kier alpha value is -13.9. The Morgan fingerprint density at radius 3 is 1.12 bits per heavy atom. The lowest BCUT2D eigenvalue weighted by molar-refractivity contribution is 0.622. The average Bonchev–Trinajstić information content (AvgIpc) is 1.72. The van der Waals surface area contributed by atoms with Crippen molar-refractivity contribution in [2.75, 3.05) is 9.80 Å². The van der Waals surface area contributed by atoms with Crippen LogP contribution in [0.2, 0.25) is 0 Å². The Morgan fingerprint density at radius 2 is 0.548 bits per heavy atom. The molecular weight excluding hydrogens is 1270 g/mol. The van der Waals surface area contributed by atoms with E-state index in [0.717, 1.165) is 150 Å². The largest absolute Gasteiger partial charge is 0.435 e. The maximum absolute atomic E-state index is 6.75. The van der Waals surface area contributed by atoms with Crippen LogP contribution >= 0.6 is 0 Å². The highest BCUT2D eigenvalue weighted by Crippen LogP contribution is 2.45. The number of hydrogen-bond acceptors (Lipinski definition) is 6. The van der Waals surface area contributed by atoms with Crippen molar-refractivity contribution in [1.82, 2.24) is 9.97 Å². The third-order valence-corrected chi connectivity index (χ3v) is 20.6. The first-order chi connectivity index (χ1) is 51.5. The molecule has 0 atom stereocenters. The first-order valence-electron chi connectivity index (χ1n) is 35.3. The van der Waals surface area contributed by atoms with Crippen molar-refractivity contribution in [2.24, 2.45) is 0 Å². The molecule has 0 aliphatic rings. The number of oxazole rings is 2. The van der Waals surface area contributed by atoms with Gasteiger partial charge in [0.1, 0.15) is 11.0 Å². The summed E-state index contributed by atoms with van der Waals surface area (Å²) in [4.78, 5) is 15.0. The fourth-order valence-electron chi connectivity index (χ4n) is 15.3. The quantitative estimate of drug-likeness (QED) is 0.115. The molecule has 0 radical (unpaired) electrons. The lowest BCUT2D eigenvalue weighted by atomic mass is 9.95. The number of benzene rings is 18. The number of aromatic nitrogens is 2. The van der Waals surface area contributed by atoms with Gasteiger partial charge in [-0.15, -0.1) is 0 Å². The van der Waals surface area contributed by atoms with E-state index < -0.39 is 0 Å². The van der Waals surface area contributed by atoms with Crippen molar-refractivity contribution in [3.63, 3.8) is 0 Å². The molecule has 0 amide bonds. The summed E-state index contributed by atoms with van der Waals surface area (Å²) in [6, 6.07) is 135. The molecule has 20 rings (SSSR count). The van der Waals surface area contributed by atoms with Crippen LogP contribution in [-0.4, -0.2) is 9.97 Å². The summed E-state index contributed by atoms with van der Waals surface area (Å²) in [5.74, 6) is 1.20. The first-order valence-corrected chi connectivity index (χ1v) is 35.3. The molecule has 0 unspecified atom stereocenters. The smallest absolute Gasteiger partial charge is 0.227 e. The summed E-state index contributed by atoms with van der Waals surface area (Å²) in [5, 5.41) is 13.7. The number of rotatable bonds is 13. The van der Waals surface area contributed by atoms with Gasteiger partial charge in [0, 0.05) is 61.6 Å². The van der Waals surface area contributed by atoms with Crippen LogP contribution in [0.1, 0.15) is 0 Å². The molecule has 0 aliphatic heterocycles. The Labute approximate surface area is 600 Å². The van der Waals surface area contributed by atoms with E-state index in [4.69, 9.17) is 18.8 Å². The normalized spacial score (nSPS) is 11.7. The monoisotopic (exact) mass is 1330 g/mol. The zero-order valence-corrected chi connectivity index (χ0v) is 56.4. The Morgan fingerprint density at radius 1 is 0.192 bits per heavy atom. The zero-order chi connectivity index (χ0) is 68.6. The molecule has 486 valence electrons. The van der Waals surface area contributed by atoms with Gasteiger partial charge >= 0.3 is 0 Å². The Bertz CT molecular complexity index is 6710. The van der Waals surface area contributed by atoms with Gasteiger partial charge in [0.25, 0.3) is 0 Å². The van der Waals surface area contributed by atoms with E-state index >= 15 is 0 Å². The van der Waals surface area contributed by atoms with Gasteiger partial charge in [-0.05, 0) is 243 Å². The molecule has 2 heterocycles. The van der Waals surface area contributed by atoms with Crippen LogP contribution < -0.4 is 9.80 Å². The van der Waals surface area contributed by atoms with Gasteiger partial charge in [-0.1, -0.05) is 237 Å². The van der Waals surface area contributed by atoms with Crippen LogP contribution in [0.15, 0.2) is 385 Å². The van der Waals surface area contributed by atoms with Gasteiger partial charge in [0.2, 0.25) is 11.8 Å². The molecule has 0 fully saturated rings. The third-order valence-electron chi connectivity index (χ3n) is 20.6. The van der Waals surface area contributed by atoms with Gasteiger partial charge in [-0.3, -0.25) is 0 Å². The molecule has 6 nitrogen and oxygen atoms in total. The first kappa shape index (κ1) is 60.1. The summed E-state index contributed by atoms with van der Waals surface area (Å²) >= 11 is 0. The van der Waals surface area contributed by atoms with Crippen molar-refractivity contribution in [3.05, 3.63) is 376 Å². The van der Waals surface area contributed by atoms with E-state index in [-0.39, 0.29) is 0 Å². The molecule has 2 aromatic heterocycles. The molecule has 0 bridgehead atoms. The minimum Gasteiger partial charge on any atom is -0.435 e. The highest BCUT2D eigenvalue weighted by molar-refractivity contribution is 6.13. The van der Waals surface area contributed by atoms with Crippen molar-refractivity contribution in [3.8, 4) is 78.5 Å². The van der Waals surface area contributed by atoms with E-state index in [1.807, 2.05) is 30.3 Å². The van der Waals surface area contributed by atoms with Gasteiger partial charge in [-0.25, -0.2) is 9.97 Å². The third kappa shape index (κ3) is 10.8. The average molecular weight is 1330 g/mol. The number of nitrogens with zero attached hydrogens (tertiary/aromatic N) is 4. The highest BCUT2D eigenvalue weighted by Gasteiger charge is 2.22. The predicted molar refractivity (Wildman–Crippen MR) is 434 cm³/mol. The molecule has 0 N–H and O–H groups in total. The van der Waals surface area contributed by atoms with E-state index in [1.54, 1.807) is 0 Å². The summed E-state index contributed by atoms with van der Waals surface area (Å²) in [7, 11) is 0. The van der Waals surface area contributed by atoms with Crippen molar-refractivity contribution < 1.29 is 8.83 Å². The van der Waals surface area contributed by atoms with Gasteiger partial charge < -0.3 is 18.6 Å². The lowest BCUT2D eigenvalue weighted by Crippen LogP contribution is -2.09. The molecule has 0 saturated carbocycles. The number of para-hydroxylation sites is 2. The molecule has 0 saturated heterocycles. The molecule has 0 spiro atoms. The SMILES string of the molecule is c1ccc(-c2nc3c(-c4ccc5ccc(N(c6ccccc6)c6ccc(-c7ccc8cc(-c9ccc(-c%10nc%11cc(-c%12ccc%13ccc(N(c%14ccccc%14)c%14ccc(-c%15ccc%16ccccc%16c%15)cc%14)cc%13c%12)c%12ccccc%12c%11o%10)cc9)ccc8c7)cc6)cc5c4)cc4ccccc4c3o2)cc1. The van der Waals surface area contributed by atoms with Gasteiger partial charge in [0.15, 0.2) is 11.2 Å². The van der Waals surface area contributed by atoms with E-state index in [0.29, 0.717) is 11.8 Å². The lowest BCUT2D eigenvalue weighted by Gasteiger charge is -2.26. The molecule has 104 heavy (non-hydrogen) atoms. The second kappa shape index (κ2) is 25.0. The van der Waals surface area contributed by atoms with Crippen molar-refractivity contribution >= 4 is 121 Å². The summed E-state index contributed by atoms with van der Waals surface area (Å²) < 4.78 is 13.3. The maximum atomic E-state index is 6.75.